The van der Waals surface area contributed by atoms with Crippen molar-refractivity contribution in [2.45, 2.75) is 13.0 Å². The number of hydrogen-bond acceptors (Lipinski definition) is 3. The normalized spacial score (nSPS) is 13.3. The summed E-state index contributed by atoms with van der Waals surface area (Å²) in [6, 6.07) is 7.21. The first kappa shape index (κ1) is 16.1. The molecule has 0 heterocycles. The van der Waals surface area contributed by atoms with Crippen LogP contribution in [0.3, 0.4) is 0 Å². The van der Waals surface area contributed by atoms with Crippen molar-refractivity contribution in [3.63, 3.8) is 0 Å². The first-order valence-corrected chi connectivity index (χ1v) is 8.08. The molecule has 1 aromatic carbocycles. The Hall–Kier alpha value is -0.920. The summed E-state index contributed by atoms with van der Waals surface area (Å²) in [6.07, 6.45) is 0. The molecule has 1 aromatic rings. The minimum Gasteiger partial charge on any atom is -0.349 e. The zero-order valence-corrected chi connectivity index (χ0v) is 13.5. The number of amides is 1. The van der Waals surface area contributed by atoms with E-state index in [1.165, 1.54) is 14.1 Å². The molecule has 1 atom stereocenters. The average Bonchev–Trinajstić information content (AvgIpc) is 2.28. The predicted octanol–water partition coefficient (Wildman–Crippen LogP) is 1.52. The Kier molecular flexibility index (Phi) is 5.51. The molecule has 7 heteroatoms. The largest absolute Gasteiger partial charge is 0.349 e. The van der Waals surface area contributed by atoms with Gasteiger partial charge in [-0.15, -0.1) is 0 Å². The molecule has 106 valence electrons. The van der Waals surface area contributed by atoms with Gasteiger partial charge in [-0.1, -0.05) is 34.1 Å². The quantitative estimate of drug-likeness (QED) is 0.877. The van der Waals surface area contributed by atoms with E-state index in [1.54, 1.807) is 6.92 Å². The van der Waals surface area contributed by atoms with Crippen molar-refractivity contribution < 1.29 is 13.2 Å². The van der Waals surface area contributed by atoms with Gasteiger partial charge >= 0.3 is 0 Å². The van der Waals surface area contributed by atoms with Gasteiger partial charge in [0.25, 0.3) is 0 Å². The third kappa shape index (κ3) is 4.59. The number of halogens is 1. The van der Waals surface area contributed by atoms with E-state index >= 15 is 0 Å². The highest BCUT2D eigenvalue weighted by Gasteiger charge is 2.20. The lowest BCUT2D eigenvalue weighted by atomic mass is 10.1. The van der Waals surface area contributed by atoms with Gasteiger partial charge in [-0.2, -0.15) is 0 Å². The Morgan fingerprint density at radius 2 is 1.95 bits per heavy atom. The Balaban J connectivity index is 2.71. The summed E-state index contributed by atoms with van der Waals surface area (Å²) in [7, 11) is -0.721. The lowest BCUT2D eigenvalue weighted by Gasteiger charge is -2.17. The molecule has 19 heavy (non-hydrogen) atoms. The van der Waals surface area contributed by atoms with Gasteiger partial charge in [-0.3, -0.25) is 4.79 Å². The van der Waals surface area contributed by atoms with Gasteiger partial charge in [-0.25, -0.2) is 12.7 Å². The number of nitrogens with one attached hydrogen (secondary N) is 1. The van der Waals surface area contributed by atoms with Crippen molar-refractivity contribution >= 4 is 31.9 Å². The third-order valence-electron chi connectivity index (χ3n) is 2.62. The molecule has 0 aliphatic rings. The fraction of sp³-hybridized carbons (Fsp3) is 0.417. The second-order valence-corrected chi connectivity index (χ2v) is 7.39. The Morgan fingerprint density at radius 3 is 2.47 bits per heavy atom. The molecule has 1 amide bonds. The van der Waals surface area contributed by atoms with Crippen molar-refractivity contribution in [1.82, 2.24) is 9.62 Å². The van der Waals surface area contributed by atoms with E-state index in [0.717, 1.165) is 14.3 Å². The standard InChI is InChI=1S/C12H17BrN2O3S/c1-9(10-6-4-5-7-11(10)13)14-12(16)8-19(17,18)15(2)3/h4-7,9H,8H2,1-3H3,(H,14,16). The van der Waals surface area contributed by atoms with Crippen molar-refractivity contribution in [3.05, 3.63) is 34.3 Å². The van der Waals surface area contributed by atoms with Crippen LogP contribution < -0.4 is 5.32 Å². The highest BCUT2D eigenvalue weighted by atomic mass is 79.9. The van der Waals surface area contributed by atoms with Crippen molar-refractivity contribution in [3.8, 4) is 0 Å². The molecule has 5 nitrogen and oxygen atoms in total. The maximum absolute atomic E-state index is 11.7. The van der Waals surface area contributed by atoms with Crippen LogP contribution in [0.1, 0.15) is 18.5 Å². The molecule has 0 aromatic heterocycles. The molecular weight excluding hydrogens is 332 g/mol. The number of benzene rings is 1. The number of rotatable bonds is 5. The van der Waals surface area contributed by atoms with E-state index in [2.05, 4.69) is 21.2 Å². The fourth-order valence-electron chi connectivity index (χ4n) is 1.48. The van der Waals surface area contributed by atoms with Crippen molar-refractivity contribution in [1.29, 1.82) is 0 Å². The number of nitrogens with zero attached hydrogens (tertiary/aromatic N) is 1. The fourth-order valence-corrected chi connectivity index (χ4v) is 2.78. The molecule has 0 aliphatic carbocycles. The van der Waals surface area contributed by atoms with E-state index in [-0.39, 0.29) is 6.04 Å². The van der Waals surface area contributed by atoms with Gasteiger partial charge in [0.1, 0.15) is 5.75 Å². The maximum atomic E-state index is 11.7. The molecule has 0 spiro atoms. The summed E-state index contributed by atoms with van der Waals surface area (Å²) in [5, 5.41) is 2.67. The smallest absolute Gasteiger partial charge is 0.237 e. The molecule has 0 bridgehead atoms. The van der Waals surface area contributed by atoms with Crippen LogP contribution in [0.25, 0.3) is 0 Å². The van der Waals surface area contributed by atoms with Crippen LogP contribution in [-0.2, 0) is 14.8 Å². The lowest BCUT2D eigenvalue weighted by molar-refractivity contribution is -0.119. The monoisotopic (exact) mass is 348 g/mol. The number of carbonyl (C=O) groups is 1. The van der Waals surface area contributed by atoms with Crippen LogP contribution in [0.2, 0.25) is 0 Å². The third-order valence-corrected chi connectivity index (χ3v) is 5.08. The van der Waals surface area contributed by atoms with E-state index in [4.69, 9.17) is 0 Å². The lowest BCUT2D eigenvalue weighted by Crippen LogP contribution is -2.37. The van der Waals surface area contributed by atoms with Gasteiger partial charge in [0, 0.05) is 18.6 Å². The molecular formula is C12H17BrN2O3S. The summed E-state index contributed by atoms with van der Waals surface area (Å²) in [4.78, 5) is 11.7. The summed E-state index contributed by atoms with van der Waals surface area (Å²) >= 11 is 3.39. The Labute approximate surface area is 122 Å². The van der Waals surface area contributed by atoms with Crippen LogP contribution in [0.4, 0.5) is 0 Å². The average molecular weight is 349 g/mol. The molecule has 0 saturated carbocycles. The second kappa shape index (κ2) is 6.49. The van der Waals surface area contributed by atoms with Gasteiger partial charge in [0.05, 0.1) is 6.04 Å². The highest BCUT2D eigenvalue weighted by Crippen LogP contribution is 2.22. The maximum Gasteiger partial charge on any atom is 0.237 e. The molecule has 0 aliphatic heterocycles. The number of sulfonamides is 1. The van der Waals surface area contributed by atoms with Gasteiger partial charge in [-0.05, 0) is 18.6 Å². The van der Waals surface area contributed by atoms with E-state index in [0.29, 0.717) is 0 Å². The van der Waals surface area contributed by atoms with Crippen LogP contribution in [0.5, 0.6) is 0 Å². The summed E-state index contributed by atoms with van der Waals surface area (Å²) < 4.78 is 25.1. The number of hydrogen-bond donors (Lipinski definition) is 1. The predicted molar refractivity (Wildman–Crippen MR) is 78.2 cm³/mol. The number of carbonyl (C=O) groups excluding carboxylic acids is 1. The molecule has 0 fully saturated rings. The van der Waals surface area contributed by atoms with Crippen LogP contribution >= 0.6 is 15.9 Å². The zero-order chi connectivity index (χ0) is 14.6. The van der Waals surface area contributed by atoms with Crippen LogP contribution in [0, 0.1) is 0 Å². The highest BCUT2D eigenvalue weighted by molar-refractivity contribution is 9.10. The van der Waals surface area contributed by atoms with E-state index in [9.17, 15) is 13.2 Å². The first-order chi connectivity index (χ1) is 8.74. The second-order valence-electron chi connectivity index (χ2n) is 4.35. The molecule has 1 unspecified atom stereocenters. The topological polar surface area (TPSA) is 66.5 Å². The molecule has 1 rings (SSSR count). The van der Waals surface area contributed by atoms with E-state index < -0.39 is 21.7 Å². The van der Waals surface area contributed by atoms with Crippen molar-refractivity contribution in [2.75, 3.05) is 19.8 Å². The zero-order valence-electron chi connectivity index (χ0n) is 11.1. The van der Waals surface area contributed by atoms with E-state index in [1.807, 2.05) is 24.3 Å². The van der Waals surface area contributed by atoms with Gasteiger partial charge < -0.3 is 5.32 Å². The van der Waals surface area contributed by atoms with Gasteiger partial charge in [0.15, 0.2) is 0 Å². The Bertz CT molecular complexity index is 558. The molecule has 1 N–H and O–H groups in total. The van der Waals surface area contributed by atoms with Crippen LogP contribution in [-0.4, -0.2) is 38.5 Å². The molecule has 0 saturated heterocycles. The SMILES string of the molecule is CC(NC(=O)CS(=O)(=O)N(C)C)c1ccccc1Br. The minimum absolute atomic E-state index is 0.263. The van der Waals surface area contributed by atoms with Crippen molar-refractivity contribution in [2.24, 2.45) is 0 Å². The Morgan fingerprint density at radius 1 is 1.37 bits per heavy atom. The molecule has 0 radical (unpaired) electrons. The van der Waals surface area contributed by atoms with Crippen LogP contribution in [0.15, 0.2) is 28.7 Å². The summed E-state index contributed by atoms with van der Waals surface area (Å²) in [5.41, 5.74) is 0.901. The summed E-state index contributed by atoms with van der Waals surface area (Å²) in [5.74, 6) is -1.06. The summed E-state index contributed by atoms with van der Waals surface area (Å²) in [6.45, 7) is 1.81. The van der Waals surface area contributed by atoms with Gasteiger partial charge in [0.2, 0.25) is 15.9 Å². The first-order valence-electron chi connectivity index (χ1n) is 5.68. The minimum atomic E-state index is -3.53.